The largest absolute Gasteiger partial charge is 0.439 e. The third-order valence-corrected chi connectivity index (χ3v) is 10.6. The van der Waals surface area contributed by atoms with Gasteiger partial charge in [-0.05, 0) is 115 Å². The third kappa shape index (κ3) is 4.36. The first-order valence-corrected chi connectivity index (χ1v) is 14.5. The van der Waals surface area contributed by atoms with Gasteiger partial charge in [-0.3, -0.25) is 0 Å². The molecule has 0 unspecified atom stereocenters. The van der Waals surface area contributed by atoms with Crippen molar-refractivity contribution in [2.75, 3.05) is 13.2 Å². The number of aromatic nitrogens is 3. The van der Waals surface area contributed by atoms with Crippen molar-refractivity contribution < 1.29 is 9.84 Å². The monoisotopic (exact) mass is 514 g/mol. The van der Waals surface area contributed by atoms with Crippen LogP contribution in [0.25, 0.3) is 5.69 Å². The lowest BCUT2D eigenvalue weighted by Gasteiger charge is -2.55. The van der Waals surface area contributed by atoms with E-state index in [2.05, 4.69) is 32.0 Å². The van der Waals surface area contributed by atoms with Crippen LogP contribution in [0, 0.1) is 46.8 Å². The zero-order valence-electron chi connectivity index (χ0n) is 23.0. The SMILES string of the molecule is C[C@@H]1C[C@H]([C@@]2(C)Cc3cn(-c4ccc(Oc5ccccn5)cc4)nc3C[C@@H]2CO)[C@@H](CN)[C@H]2CC[C@H](C)[C@@H]21. The molecule has 0 radical (unpaired) electrons. The molecule has 8 atom stereocenters. The van der Waals surface area contributed by atoms with E-state index in [1.54, 1.807) is 6.20 Å². The van der Waals surface area contributed by atoms with Crippen LogP contribution < -0.4 is 10.5 Å². The molecular weight excluding hydrogens is 472 g/mol. The van der Waals surface area contributed by atoms with Gasteiger partial charge < -0.3 is 15.6 Å². The molecule has 1 aromatic carbocycles. The maximum Gasteiger partial charge on any atom is 0.219 e. The zero-order chi connectivity index (χ0) is 26.4. The summed E-state index contributed by atoms with van der Waals surface area (Å²) < 4.78 is 7.85. The molecule has 38 heavy (non-hydrogen) atoms. The van der Waals surface area contributed by atoms with E-state index in [0.717, 1.165) is 60.2 Å². The van der Waals surface area contributed by atoms with E-state index < -0.39 is 0 Å². The predicted molar refractivity (Wildman–Crippen MR) is 149 cm³/mol. The molecule has 3 N–H and O–H groups in total. The summed E-state index contributed by atoms with van der Waals surface area (Å²) in [4.78, 5) is 4.24. The molecule has 6 rings (SSSR count). The van der Waals surface area contributed by atoms with E-state index in [-0.39, 0.29) is 17.9 Å². The van der Waals surface area contributed by atoms with Crippen molar-refractivity contribution in [3.63, 3.8) is 0 Å². The number of ether oxygens (including phenoxy) is 1. The van der Waals surface area contributed by atoms with Crippen LogP contribution in [0.4, 0.5) is 0 Å². The highest BCUT2D eigenvalue weighted by Gasteiger charge is 2.55. The van der Waals surface area contributed by atoms with Crippen LogP contribution in [0.3, 0.4) is 0 Å². The van der Waals surface area contributed by atoms with E-state index in [0.29, 0.717) is 17.7 Å². The van der Waals surface area contributed by atoms with Gasteiger partial charge in [-0.2, -0.15) is 5.10 Å². The minimum atomic E-state index is 0.0189. The minimum absolute atomic E-state index is 0.0189. The second kappa shape index (κ2) is 10.1. The molecular formula is C32H42N4O2. The Kier molecular flexibility index (Phi) is 6.81. The van der Waals surface area contributed by atoms with E-state index in [9.17, 15) is 5.11 Å². The summed E-state index contributed by atoms with van der Waals surface area (Å²) in [6, 6.07) is 13.6. The quantitative estimate of drug-likeness (QED) is 0.443. The van der Waals surface area contributed by atoms with Gasteiger partial charge in [0.2, 0.25) is 5.88 Å². The molecule has 0 spiro atoms. The number of fused-ring (bicyclic) bond motifs is 2. The molecule has 2 heterocycles. The van der Waals surface area contributed by atoms with E-state index in [4.69, 9.17) is 15.6 Å². The molecule has 3 aromatic rings. The number of pyridine rings is 1. The molecule has 0 amide bonds. The smallest absolute Gasteiger partial charge is 0.219 e. The average molecular weight is 515 g/mol. The van der Waals surface area contributed by atoms with Crippen molar-refractivity contribution in [2.24, 2.45) is 52.6 Å². The Morgan fingerprint density at radius 1 is 1.11 bits per heavy atom. The van der Waals surface area contributed by atoms with Crippen LogP contribution in [0.15, 0.2) is 54.9 Å². The topological polar surface area (TPSA) is 86.2 Å². The number of nitrogens with two attached hydrogens (primary N) is 1. The number of nitrogens with zero attached hydrogens (tertiary/aromatic N) is 3. The second-order valence-electron chi connectivity index (χ2n) is 12.6. The maximum atomic E-state index is 10.6. The van der Waals surface area contributed by atoms with Crippen molar-refractivity contribution in [1.29, 1.82) is 0 Å². The molecule has 2 aromatic heterocycles. The lowest BCUT2D eigenvalue weighted by Crippen LogP contribution is -2.53. The van der Waals surface area contributed by atoms with Gasteiger partial charge in [-0.1, -0.05) is 33.3 Å². The van der Waals surface area contributed by atoms with Gasteiger partial charge in [0.25, 0.3) is 0 Å². The highest BCUT2D eigenvalue weighted by Crippen LogP contribution is 2.59. The van der Waals surface area contributed by atoms with Gasteiger partial charge in [0.05, 0.1) is 11.4 Å². The Hall–Kier alpha value is -2.70. The van der Waals surface area contributed by atoms with E-state index >= 15 is 0 Å². The lowest BCUT2D eigenvalue weighted by molar-refractivity contribution is -0.0605. The molecule has 0 bridgehead atoms. The van der Waals surface area contributed by atoms with E-state index in [1.165, 1.54) is 24.8 Å². The Labute approximate surface area is 226 Å². The van der Waals surface area contributed by atoms with Crippen LogP contribution in [0.2, 0.25) is 0 Å². The molecule has 0 saturated heterocycles. The summed E-state index contributed by atoms with van der Waals surface area (Å²) in [5.41, 5.74) is 10.00. The van der Waals surface area contributed by atoms with Gasteiger partial charge in [0.15, 0.2) is 0 Å². The van der Waals surface area contributed by atoms with Gasteiger partial charge in [-0.15, -0.1) is 0 Å². The Bertz CT molecular complexity index is 1240. The maximum absolute atomic E-state index is 10.6. The molecule has 3 aliphatic carbocycles. The normalized spacial score (nSPS) is 34.5. The molecule has 3 aliphatic rings. The zero-order valence-corrected chi connectivity index (χ0v) is 23.0. The average Bonchev–Trinajstić information content (AvgIpc) is 3.52. The molecule has 6 nitrogen and oxygen atoms in total. The van der Waals surface area contributed by atoms with Crippen molar-refractivity contribution in [1.82, 2.24) is 14.8 Å². The lowest BCUT2D eigenvalue weighted by atomic mass is 9.50. The van der Waals surface area contributed by atoms with Crippen molar-refractivity contribution in [2.45, 2.75) is 52.9 Å². The van der Waals surface area contributed by atoms with Crippen LogP contribution in [0.1, 0.15) is 51.3 Å². The van der Waals surface area contributed by atoms with Crippen LogP contribution in [-0.2, 0) is 12.8 Å². The summed E-state index contributed by atoms with van der Waals surface area (Å²) in [7, 11) is 0. The number of aliphatic hydroxyl groups is 1. The molecule has 6 heteroatoms. The number of aliphatic hydroxyl groups excluding tert-OH is 1. The van der Waals surface area contributed by atoms with Gasteiger partial charge in [0.1, 0.15) is 5.75 Å². The summed E-state index contributed by atoms with van der Waals surface area (Å²) in [6.45, 7) is 8.33. The van der Waals surface area contributed by atoms with Gasteiger partial charge in [0, 0.05) is 25.1 Å². The molecule has 202 valence electrons. The van der Waals surface area contributed by atoms with Gasteiger partial charge in [-0.25, -0.2) is 9.67 Å². The first-order valence-electron chi connectivity index (χ1n) is 14.5. The first kappa shape index (κ1) is 25.6. The third-order valence-electron chi connectivity index (χ3n) is 10.6. The number of benzene rings is 1. The number of hydrogen-bond acceptors (Lipinski definition) is 5. The predicted octanol–water partition coefficient (Wildman–Crippen LogP) is 5.67. The summed E-state index contributed by atoms with van der Waals surface area (Å²) in [6.07, 6.45) is 9.59. The Morgan fingerprint density at radius 3 is 2.63 bits per heavy atom. The van der Waals surface area contributed by atoms with Crippen molar-refractivity contribution >= 4 is 0 Å². The van der Waals surface area contributed by atoms with Crippen molar-refractivity contribution in [3.05, 3.63) is 66.1 Å². The summed E-state index contributed by atoms with van der Waals surface area (Å²) in [5.74, 6) is 5.67. The second-order valence-corrected chi connectivity index (χ2v) is 12.6. The number of hydrogen-bond donors (Lipinski definition) is 2. The number of rotatable bonds is 6. The summed E-state index contributed by atoms with van der Waals surface area (Å²) in [5, 5.41) is 15.6. The highest BCUT2D eigenvalue weighted by molar-refractivity contribution is 5.40. The molecule has 2 fully saturated rings. The fraction of sp³-hybridized carbons (Fsp3) is 0.562. The first-order chi connectivity index (χ1) is 18.4. The molecule has 0 aliphatic heterocycles. The summed E-state index contributed by atoms with van der Waals surface area (Å²) >= 11 is 0. The van der Waals surface area contributed by atoms with Crippen LogP contribution in [0.5, 0.6) is 11.6 Å². The standard InChI is InChI=1S/C32H42N4O2/c1-20-7-12-26-27(17-33)28(14-21(2)31(20)26)32(3)16-22-18-36(35-29(22)15-23(32)19-37)24-8-10-25(11-9-24)38-30-6-4-5-13-34-30/h4-6,8-11,13,18,20-21,23,26-28,31,37H,7,12,14-17,19,33H2,1-3H3/t20-,21+,23+,26+,27-,28-,31+,32-/m0/s1. The Morgan fingerprint density at radius 2 is 1.92 bits per heavy atom. The van der Waals surface area contributed by atoms with Crippen molar-refractivity contribution in [3.8, 4) is 17.3 Å². The minimum Gasteiger partial charge on any atom is -0.439 e. The van der Waals surface area contributed by atoms with E-state index in [1.807, 2.05) is 47.1 Å². The fourth-order valence-corrected chi connectivity index (χ4v) is 8.69. The van der Waals surface area contributed by atoms with Crippen LogP contribution >= 0.6 is 0 Å². The molecule has 2 saturated carbocycles. The highest BCUT2D eigenvalue weighted by atomic mass is 16.5. The Balaban J connectivity index is 1.25. The fourth-order valence-electron chi connectivity index (χ4n) is 8.69. The van der Waals surface area contributed by atoms with Crippen LogP contribution in [-0.4, -0.2) is 33.0 Å². The van der Waals surface area contributed by atoms with Gasteiger partial charge >= 0.3 is 0 Å².